The van der Waals surface area contributed by atoms with Crippen molar-refractivity contribution >= 4 is 17.0 Å². The van der Waals surface area contributed by atoms with E-state index < -0.39 is 0 Å². The highest BCUT2D eigenvalue weighted by atomic mass is 16.5. The number of fused-ring (bicyclic) bond motifs is 1. The maximum Gasteiger partial charge on any atom is 0.326 e. The van der Waals surface area contributed by atoms with Crippen LogP contribution in [-0.2, 0) is 16.1 Å². The highest BCUT2D eigenvalue weighted by molar-refractivity contribution is 5.77. The van der Waals surface area contributed by atoms with Crippen LogP contribution < -0.4 is 10.4 Å². The van der Waals surface area contributed by atoms with Crippen molar-refractivity contribution in [3.05, 3.63) is 28.7 Å². The number of H-pyrrole nitrogens is 1. The molecule has 0 amide bonds. The zero-order valence-electron chi connectivity index (χ0n) is 13.5. The van der Waals surface area contributed by atoms with E-state index in [1.807, 2.05) is 18.2 Å². The van der Waals surface area contributed by atoms with Crippen LogP contribution >= 0.6 is 0 Å². The molecule has 6 heteroatoms. The van der Waals surface area contributed by atoms with Crippen LogP contribution in [0, 0.1) is 11.8 Å². The Bertz CT molecular complexity index is 754. The van der Waals surface area contributed by atoms with Gasteiger partial charge in [-0.1, -0.05) is 0 Å². The van der Waals surface area contributed by atoms with Crippen LogP contribution in [0.5, 0.6) is 5.75 Å². The quantitative estimate of drug-likeness (QED) is 0.878. The number of nitrogens with zero attached hydrogens (tertiary/aromatic N) is 1. The smallest absolute Gasteiger partial charge is 0.326 e. The van der Waals surface area contributed by atoms with Crippen molar-refractivity contribution < 1.29 is 14.3 Å². The van der Waals surface area contributed by atoms with Crippen molar-refractivity contribution in [1.29, 1.82) is 0 Å². The van der Waals surface area contributed by atoms with Gasteiger partial charge >= 0.3 is 11.7 Å². The fourth-order valence-electron chi connectivity index (χ4n) is 3.45. The Morgan fingerprint density at radius 1 is 1.26 bits per heavy atom. The standard InChI is InChI=1S/C17H22N2O4/c1-22-13-7-8-14-15(9-13)19(17(21)18-14)10-11-3-5-12(6-4-11)16(20)23-2/h7-9,11-12H,3-6,10H2,1-2H3,(H,18,21)/t11-,12-. The predicted octanol–water partition coefficient (Wildman–Crippen LogP) is 2.32. The molecule has 3 rings (SSSR count). The number of carbonyl (C=O) groups excluding carboxylic acids is 1. The normalized spacial score (nSPS) is 21.3. The molecule has 6 nitrogen and oxygen atoms in total. The monoisotopic (exact) mass is 318 g/mol. The Morgan fingerprint density at radius 3 is 2.65 bits per heavy atom. The van der Waals surface area contributed by atoms with E-state index >= 15 is 0 Å². The Labute approximate surface area is 134 Å². The molecular formula is C17H22N2O4. The number of hydrogen-bond acceptors (Lipinski definition) is 4. The average Bonchev–Trinajstić information content (AvgIpc) is 2.89. The highest BCUT2D eigenvalue weighted by Gasteiger charge is 2.27. The number of methoxy groups -OCH3 is 2. The number of rotatable bonds is 4. The molecule has 0 bridgehead atoms. The molecule has 0 spiro atoms. The second kappa shape index (κ2) is 6.48. The number of ether oxygens (including phenoxy) is 2. The number of aromatic amines is 1. The summed E-state index contributed by atoms with van der Waals surface area (Å²) in [7, 11) is 3.05. The molecule has 0 unspecified atom stereocenters. The van der Waals surface area contributed by atoms with Gasteiger partial charge in [0.2, 0.25) is 0 Å². The summed E-state index contributed by atoms with van der Waals surface area (Å²) < 4.78 is 11.8. The lowest BCUT2D eigenvalue weighted by Crippen LogP contribution is -2.27. The lowest BCUT2D eigenvalue weighted by Gasteiger charge is -2.27. The first-order valence-electron chi connectivity index (χ1n) is 7.96. The summed E-state index contributed by atoms with van der Waals surface area (Å²) in [5, 5.41) is 0. The van der Waals surface area contributed by atoms with Crippen LogP contribution in [0.15, 0.2) is 23.0 Å². The minimum Gasteiger partial charge on any atom is -0.497 e. The molecule has 1 heterocycles. The zero-order chi connectivity index (χ0) is 16.4. The summed E-state index contributed by atoms with van der Waals surface area (Å²) in [5.41, 5.74) is 1.59. The molecule has 124 valence electrons. The maximum absolute atomic E-state index is 12.2. The van der Waals surface area contributed by atoms with E-state index in [1.165, 1.54) is 7.11 Å². The SMILES string of the molecule is COc1ccc2[nH]c(=O)n(C[C@H]3CC[C@H](C(=O)OC)CC3)c2c1. The van der Waals surface area contributed by atoms with Gasteiger partial charge in [0.1, 0.15) is 5.75 Å². The molecule has 0 atom stereocenters. The van der Waals surface area contributed by atoms with Crippen LogP contribution in [0.4, 0.5) is 0 Å². The summed E-state index contributed by atoms with van der Waals surface area (Å²) in [6.45, 7) is 0.667. The van der Waals surface area contributed by atoms with E-state index in [1.54, 1.807) is 11.7 Å². The molecule has 1 N–H and O–H groups in total. The Hall–Kier alpha value is -2.24. The van der Waals surface area contributed by atoms with Gasteiger partial charge in [0, 0.05) is 12.6 Å². The van der Waals surface area contributed by atoms with E-state index in [4.69, 9.17) is 9.47 Å². The molecular weight excluding hydrogens is 296 g/mol. The highest BCUT2D eigenvalue weighted by Crippen LogP contribution is 2.31. The number of aromatic nitrogens is 2. The van der Waals surface area contributed by atoms with Gasteiger partial charge in [0.05, 0.1) is 31.2 Å². The second-order valence-electron chi connectivity index (χ2n) is 6.16. The molecule has 1 saturated carbocycles. The predicted molar refractivity (Wildman–Crippen MR) is 86.6 cm³/mol. The van der Waals surface area contributed by atoms with Crippen LogP contribution in [0.25, 0.3) is 11.0 Å². The van der Waals surface area contributed by atoms with Gasteiger partial charge in [-0.05, 0) is 43.7 Å². The second-order valence-corrected chi connectivity index (χ2v) is 6.16. The summed E-state index contributed by atoms with van der Waals surface area (Å²) in [6.07, 6.45) is 3.53. The third kappa shape index (κ3) is 3.11. The van der Waals surface area contributed by atoms with Gasteiger partial charge < -0.3 is 14.5 Å². The summed E-state index contributed by atoms with van der Waals surface area (Å²) >= 11 is 0. The molecule has 23 heavy (non-hydrogen) atoms. The lowest BCUT2D eigenvalue weighted by atomic mass is 9.82. The number of nitrogens with one attached hydrogen (secondary N) is 1. The number of imidazole rings is 1. The molecule has 1 aromatic carbocycles. The molecule has 1 aliphatic carbocycles. The van der Waals surface area contributed by atoms with Gasteiger partial charge in [-0.2, -0.15) is 0 Å². The first-order valence-corrected chi connectivity index (χ1v) is 7.96. The molecule has 1 fully saturated rings. The number of carbonyl (C=O) groups is 1. The van der Waals surface area contributed by atoms with E-state index in [0.29, 0.717) is 12.5 Å². The Balaban J connectivity index is 1.76. The summed E-state index contributed by atoms with van der Waals surface area (Å²) in [5.74, 6) is 1.03. The minimum absolute atomic E-state index is 0.0102. The van der Waals surface area contributed by atoms with Crippen LogP contribution in [0.1, 0.15) is 25.7 Å². The molecule has 1 aromatic heterocycles. The third-order valence-corrected chi connectivity index (χ3v) is 4.80. The number of esters is 1. The summed E-state index contributed by atoms with van der Waals surface area (Å²) in [6, 6.07) is 5.58. The van der Waals surface area contributed by atoms with Crippen LogP contribution in [0.2, 0.25) is 0 Å². The molecule has 0 saturated heterocycles. The fourth-order valence-corrected chi connectivity index (χ4v) is 3.45. The first kappa shape index (κ1) is 15.6. The van der Waals surface area contributed by atoms with Crippen molar-refractivity contribution in [2.75, 3.05) is 14.2 Å². The van der Waals surface area contributed by atoms with E-state index in [-0.39, 0.29) is 17.6 Å². The molecule has 0 aliphatic heterocycles. The minimum atomic E-state index is -0.113. The molecule has 0 radical (unpaired) electrons. The van der Waals surface area contributed by atoms with Crippen molar-refractivity contribution in [1.82, 2.24) is 9.55 Å². The van der Waals surface area contributed by atoms with Crippen molar-refractivity contribution in [2.24, 2.45) is 11.8 Å². The van der Waals surface area contributed by atoms with Gasteiger partial charge in [-0.3, -0.25) is 9.36 Å². The van der Waals surface area contributed by atoms with Gasteiger partial charge in [0.15, 0.2) is 0 Å². The lowest BCUT2D eigenvalue weighted by molar-refractivity contribution is -0.146. The summed E-state index contributed by atoms with van der Waals surface area (Å²) in [4.78, 5) is 26.7. The third-order valence-electron chi connectivity index (χ3n) is 4.80. The van der Waals surface area contributed by atoms with Crippen LogP contribution in [0.3, 0.4) is 0 Å². The van der Waals surface area contributed by atoms with E-state index in [0.717, 1.165) is 42.5 Å². The van der Waals surface area contributed by atoms with Crippen molar-refractivity contribution in [3.63, 3.8) is 0 Å². The molecule has 2 aromatic rings. The van der Waals surface area contributed by atoms with Crippen LogP contribution in [-0.4, -0.2) is 29.7 Å². The first-order chi connectivity index (χ1) is 11.1. The Morgan fingerprint density at radius 2 is 2.00 bits per heavy atom. The van der Waals surface area contributed by atoms with E-state index in [9.17, 15) is 9.59 Å². The number of hydrogen-bond donors (Lipinski definition) is 1. The van der Waals surface area contributed by atoms with Gasteiger partial charge in [-0.15, -0.1) is 0 Å². The Kier molecular flexibility index (Phi) is 4.41. The topological polar surface area (TPSA) is 73.3 Å². The van der Waals surface area contributed by atoms with Gasteiger partial charge in [0.25, 0.3) is 0 Å². The largest absolute Gasteiger partial charge is 0.497 e. The number of benzene rings is 1. The fraction of sp³-hybridized carbons (Fsp3) is 0.529. The van der Waals surface area contributed by atoms with Crippen molar-refractivity contribution in [2.45, 2.75) is 32.2 Å². The maximum atomic E-state index is 12.2. The average molecular weight is 318 g/mol. The molecule has 1 aliphatic rings. The van der Waals surface area contributed by atoms with Gasteiger partial charge in [-0.25, -0.2) is 4.79 Å². The zero-order valence-corrected chi connectivity index (χ0v) is 13.5. The van der Waals surface area contributed by atoms with E-state index in [2.05, 4.69) is 4.98 Å². The van der Waals surface area contributed by atoms with Crippen molar-refractivity contribution in [3.8, 4) is 5.75 Å².